The number of carbonyl (C=O) groups excluding carboxylic acids is 1. The second-order valence-corrected chi connectivity index (χ2v) is 13.3. The molecule has 39 heavy (non-hydrogen) atoms. The molecule has 2 aliphatic rings. The maximum atomic E-state index is 13.5. The highest BCUT2D eigenvalue weighted by Gasteiger charge is 2.26. The molecule has 2 fully saturated rings. The highest BCUT2D eigenvalue weighted by molar-refractivity contribution is 7.83. The van der Waals surface area contributed by atoms with Crippen LogP contribution in [-0.2, 0) is 22.3 Å². The molecule has 7 nitrogen and oxygen atoms in total. The largest absolute Gasteiger partial charge is 0.381 e. The fourth-order valence-corrected chi connectivity index (χ4v) is 7.17. The number of rotatable bonds is 7. The molecular weight excluding hydrogens is 508 g/mol. The highest BCUT2D eigenvalue weighted by atomic mass is 32.2. The number of benzene rings is 1. The molecule has 1 amide bonds. The second kappa shape index (κ2) is 11.9. The Morgan fingerprint density at radius 1 is 1.08 bits per heavy atom. The van der Waals surface area contributed by atoms with E-state index in [1.165, 1.54) is 32.1 Å². The minimum absolute atomic E-state index is 0.0129. The molecule has 0 radical (unpaired) electrons. The van der Waals surface area contributed by atoms with E-state index in [-0.39, 0.29) is 17.5 Å². The van der Waals surface area contributed by atoms with Gasteiger partial charge in [-0.1, -0.05) is 25.3 Å². The van der Waals surface area contributed by atoms with Crippen molar-refractivity contribution in [1.82, 2.24) is 19.6 Å². The molecule has 3 aromatic rings. The quantitative estimate of drug-likeness (QED) is 0.383. The van der Waals surface area contributed by atoms with Crippen LogP contribution in [0, 0.1) is 12.8 Å². The molecule has 0 bridgehead atoms. The van der Waals surface area contributed by atoms with Crippen molar-refractivity contribution in [1.29, 1.82) is 0 Å². The average Bonchev–Trinajstić information content (AvgIpc) is 3.23. The summed E-state index contributed by atoms with van der Waals surface area (Å²) in [4.78, 5) is 18.6. The van der Waals surface area contributed by atoms with Crippen molar-refractivity contribution in [2.75, 3.05) is 13.2 Å². The number of hydrogen-bond acceptors (Lipinski definition) is 4. The molecule has 1 aliphatic carbocycles. The van der Waals surface area contributed by atoms with Crippen molar-refractivity contribution in [2.45, 2.75) is 95.7 Å². The predicted molar refractivity (Wildman–Crippen MR) is 157 cm³/mol. The SMILES string of the molecule is Cc1c(C(=O)NC2CCOCC2)cc(-c2ccc(S(=O)NC(C)(C)C)c3cnccc23)n1CC1CCCCC1. The summed E-state index contributed by atoms with van der Waals surface area (Å²) >= 11 is 0. The molecule has 1 unspecified atom stereocenters. The maximum absolute atomic E-state index is 13.5. The number of aromatic nitrogens is 2. The molecule has 1 atom stereocenters. The topological polar surface area (TPSA) is 85.2 Å². The van der Waals surface area contributed by atoms with E-state index in [2.05, 4.69) is 38.6 Å². The number of carbonyl (C=O) groups is 1. The van der Waals surface area contributed by atoms with E-state index in [0.29, 0.717) is 19.1 Å². The van der Waals surface area contributed by atoms with Crippen LogP contribution in [0.15, 0.2) is 41.6 Å². The fourth-order valence-electron chi connectivity index (χ4n) is 5.95. The third kappa shape index (κ3) is 6.44. The van der Waals surface area contributed by atoms with E-state index < -0.39 is 11.0 Å². The first kappa shape index (κ1) is 28.0. The average molecular weight is 551 g/mol. The lowest BCUT2D eigenvalue weighted by molar-refractivity contribution is 0.0696. The van der Waals surface area contributed by atoms with Crippen LogP contribution < -0.4 is 10.0 Å². The first-order chi connectivity index (χ1) is 18.7. The Labute approximate surface area is 234 Å². The summed E-state index contributed by atoms with van der Waals surface area (Å²) < 4.78 is 24.3. The molecule has 8 heteroatoms. The third-order valence-electron chi connectivity index (χ3n) is 7.99. The Balaban J connectivity index is 1.57. The monoisotopic (exact) mass is 550 g/mol. The summed E-state index contributed by atoms with van der Waals surface area (Å²) in [5.41, 5.74) is 3.51. The molecule has 5 rings (SSSR count). The Kier molecular flexibility index (Phi) is 8.55. The van der Waals surface area contributed by atoms with Gasteiger partial charge in [0.15, 0.2) is 0 Å². The summed E-state index contributed by atoms with van der Waals surface area (Å²) in [6, 6.07) is 8.21. The van der Waals surface area contributed by atoms with Gasteiger partial charge in [0.2, 0.25) is 0 Å². The van der Waals surface area contributed by atoms with E-state index in [1.54, 1.807) is 12.4 Å². The predicted octanol–water partition coefficient (Wildman–Crippen LogP) is 5.91. The van der Waals surface area contributed by atoms with Gasteiger partial charge in [-0.25, -0.2) is 8.93 Å². The molecule has 2 N–H and O–H groups in total. The molecular formula is C31H42N4O3S. The van der Waals surface area contributed by atoms with Crippen LogP contribution in [0.4, 0.5) is 0 Å². The molecule has 3 heterocycles. The first-order valence-electron chi connectivity index (χ1n) is 14.4. The zero-order valence-electron chi connectivity index (χ0n) is 23.7. The summed E-state index contributed by atoms with van der Waals surface area (Å²) in [5, 5.41) is 5.12. The van der Waals surface area contributed by atoms with Gasteiger partial charge >= 0.3 is 0 Å². The summed E-state index contributed by atoms with van der Waals surface area (Å²) in [6.07, 6.45) is 11.6. The van der Waals surface area contributed by atoms with Gasteiger partial charge in [-0.3, -0.25) is 9.78 Å². The van der Waals surface area contributed by atoms with Crippen LogP contribution in [0.1, 0.15) is 81.8 Å². The molecule has 1 aromatic carbocycles. The van der Waals surface area contributed by atoms with Gasteiger partial charge in [-0.15, -0.1) is 0 Å². The van der Waals surface area contributed by atoms with Crippen molar-refractivity contribution < 1.29 is 13.7 Å². The molecule has 1 aliphatic heterocycles. The van der Waals surface area contributed by atoms with Gasteiger partial charge in [-0.05, 0) is 82.9 Å². The van der Waals surface area contributed by atoms with E-state index in [4.69, 9.17) is 4.74 Å². The zero-order valence-corrected chi connectivity index (χ0v) is 24.5. The van der Waals surface area contributed by atoms with E-state index in [1.807, 2.05) is 32.9 Å². The van der Waals surface area contributed by atoms with E-state index in [9.17, 15) is 9.00 Å². The van der Waals surface area contributed by atoms with E-state index in [0.717, 1.165) is 57.6 Å². The number of nitrogens with one attached hydrogen (secondary N) is 2. The van der Waals surface area contributed by atoms with Crippen LogP contribution in [0.3, 0.4) is 0 Å². The minimum Gasteiger partial charge on any atom is -0.381 e. The number of ether oxygens (including phenoxy) is 1. The lowest BCUT2D eigenvalue weighted by atomic mass is 9.89. The van der Waals surface area contributed by atoms with Crippen molar-refractivity contribution in [3.8, 4) is 11.3 Å². The van der Waals surface area contributed by atoms with E-state index >= 15 is 0 Å². The highest BCUT2D eigenvalue weighted by Crippen LogP contribution is 2.36. The Morgan fingerprint density at radius 2 is 1.82 bits per heavy atom. The van der Waals surface area contributed by atoms with Crippen LogP contribution in [0.2, 0.25) is 0 Å². The summed E-state index contributed by atoms with van der Waals surface area (Å²) in [5.74, 6) is 0.590. The van der Waals surface area contributed by atoms with Gasteiger partial charge in [0.05, 0.1) is 10.5 Å². The lowest BCUT2D eigenvalue weighted by Crippen LogP contribution is -2.39. The van der Waals surface area contributed by atoms with Gasteiger partial charge < -0.3 is 14.6 Å². The van der Waals surface area contributed by atoms with Crippen LogP contribution >= 0.6 is 0 Å². The molecule has 0 spiro atoms. The molecule has 1 saturated heterocycles. The molecule has 2 aromatic heterocycles. The standard InChI is InChI=1S/C31H42N4O3S/c1-21-26(30(36)33-23-13-16-38-17-14-23)18-28(35(21)20-22-8-6-5-7-9-22)25-10-11-29(39(37)34-31(2,3)4)27-19-32-15-12-24(25)27/h10-12,15,18-19,22-23,34H,5-9,13-14,16-17,20H2,1-4H3,(H,33,36). The summed E-state index contributed by atoms with van der Waals surface area (Å²) in [6.45, 7) is 10.4. The van der Waals surface area contributed by atoms with Gasteiger partial charge in [0, 0.05) is 66.1 Å². The Morgan fingerprint density at radius 3 is 2.54 bits per heavy atom. The minimum atomic E-state index is -1.39. The first-order valence-corrected chi connectivity index (χ1v) is 15.5. The Hall–Kier alpha value is -2.55. The van der Waals surface area contributed by atoms with Crippen molar-refractivity contribution >= 4 is 27.7 Å². The van der Waals surface area contributed by atoms with Gasteiger partial charge in [0.25, 0.3) is 5.91 Å². The number of pyridine rings is 1. The van der Waals surface area contributed by atoms with Crippen LogP contribution in [-0.4, -0.2) is 44.5 Å². The van der Waals surface area contributed by atoms with Gasteiger partial charge in [0.1, 0.15) is 11.0 Å². The normalized spacial score (nSPS) is 18.4. The molecule has 210 valence electrons. The number of fused-ring (bicyclic) bond motifs is 1. The van der Waals surface area contributed by atoms with Crippen molar-refractivity contribution in [2.24, 2.45) is 5.92 Å². The maximum Gasteiger partial charge on any atom is 0.253 e. The number of nitrogens with zero attached hydrogens (tertiary/aromatic N) is 2. The van der Waals surface area contributed by atoms with Gasteiger partial charge in [-0.2, -0.15) is 0 Å². The Bertz CT molecular complexity index is 1350. The number of hydrogen-bond donors (Lipinski definition) is 2. The third-order valence-corrected chi connectivity index (χ3v) is 9.54. The van der Waals surface area contributed by atoms with Crippen molar-refractivity contribution in [3.05, 3.63) is 47.9 Å². The number of amides is 1. The second-order valence-electron chi connectivity index (χ2n) is 12.2. The van der Waals surface area contributed by atoms with Crippen LogP contribution in [0.25, 0.3) is 22.0 Å². The lowest BCUT2D eigenvalue weighted by Gasteiger charge is -2.25. The van der Waals surface area contributed by atoms with Crippen LogP contribution in [0.5, 0.6) is 0 Å². The smallest absolute Gasteiger partial charge is 0.253 e. The molecule has 1 saturated carbocycles. The summed E-state index contributed by atoms with van der Waals surface area (Å²) in [7, 11) is -1.39. The fraction of sp³-hybridized carbons (Fsp3) is 0.548. The zero-order chi connectivity index (χ0) is 27.6. The van der Waals surface area contributed by atoms with Crippen molar-refractivity contribution in [3.63, 3.8) is 0 Å².